The SMILES string of the molecule is Cc1c(C(=O)N2CCCC(CNC(=O)Nc3cccc(F)c3)C2)cnn1-c1ccccc1F. The van der Waals surface area contributed by atoms with Gasteiger partial charge in [0.25, 0.3) is 5.91 Å². The Kier molecular flexibility index (Phi) is 6.67. The fourth-order valence-electron chi connectivity index (χ4n) is 4.05. The zero-order valence-electron chi connectivity index (χ0n) is 18.2. The van der Waals surface area contributed by atoms with Gasteiger partial charge in [0.2, 0.25) is 0 Å². The van der Waals surface area contributed by atoms with Gasteiger partial charge < -0.3 is 15.5 Å². The van der Waals surface area contributed by atoms with Crippen LogP contribution in [0.5, 0.6) is 0 Å². The van der Waals surface area contributed by atoms with Crippen LogP contribution in [0.15, 0.2) is 54.7 Å². The smallest absolute Gasteiger partial charge is 0.319 e. The van der Waals surface area contributed by atoms with E-state index in [0.29, 0.717) is 42.3 Å². The largest absolute Gasteiger partial charge is 0.338 e. The molecule has 172 valence electrons. The van der Waals surface area contributed by atoms with Crippen molar-refractivity contribution in [3.05, 3.63) is 77.6 Å². The molecule has 1 aliphatic heterocycles. The molecule has 1 fully saturated rings. The number of amides is 3. The Balaban J connectivity index is 1.36. The van der Waals surface area contributed by atoms with Crippen molar-refractivity contribution >= 4 is 17.6 Å². The number of hydrogen-bond acceptors (Lipinski definition) is 3. The summed E-state index contributed by atoms with van der Waals surface area (Å²) in [4.78, 5) is 27.0. The van der Waals surface area contributed by atoms with Crippen molar-refractivity contribution in [3.8, 4) is 5.69 Å². The van der Waals surface area contributed by atoms with Crippen molar-refractivity contribution in [2.45, 2.75) is 19.8 Å². The van der Waals surface area contributed by atoms with Gasteiger partial charge in [0.1, 0.15) is 17.3 Å². The van der Waals surface area contributed by atoms with Crippen LogP contribution >= 0.6 is 0 Å². The summed E-state index contributed by atoms with van der Waals surface area (Å²) < 4.78 is 28.9. The molecule has 2 N–H and O–H groups in total. The standard InChI is InChI=1S/C24H25F2N5O2/c1-16-20(14-28-31(16)22-10-3-2-9-21(22)26)23(32)30-11-5-6-17(15-30)13-27-24(33)29-19-8-4-7-18(25)12-19/h2-4,7-10,12,14,17H,5-6,11,13,15H2,1H3,(H2,27,29,33). The minimum atomic E-state index is -0.428. The Labute approximate surface area is 190 Å². The zero-order chi connectivity index (χ0) is 23.4. The monoisotopic (exact) mass is 453 g/mol. The highest BCUT2D eigenvalue weighted by molar-refractivity contribution is 5.95. The first kappa shape index (κ1) is 22.4. The maximum atomic E-state index is 14.2. The predicted molar refractivity (Wildman–Crippen MR) is 120 cm³/mol. The fraction of sp³-hybridized carbons (Fsp3) is 0.292. The number of carbonyl (C=O) groups excluding carboxylic acids is 2. The lowest BCUT2D eigenvalue weighted by Gasteiger charge is -2.32. The third kappa shape index (κ3) is 5.19. The van der Waals surface area contributed by atoms with Crippen molar-refractivity contribution in [3.63, 3.8) is 0 Å². The Bertz CT molecular complexity index is 1160. The summed E-state index contributed by atoms with van der Waals surface area (Å²) in [5, 5.41) is 9.62. The summed E-state index contributed by atoms with van der Waals surface area (Å²) in [6.45, 7) is 3.23. The number of aromatic nitrogens is 2. The van der Waals surface area contributed by atoms with Gasteiger partial charge in [0.15, 0.2) is 0 Å². The van der Waals surface area contributed by atoms with Crippen molar-refractivity contribution in [2.75, 3.05) is 25.0 Å². The van der Waals surface area contributed by atoms with Crippen LogP contribution in [0.25, 0.3) is 5.69 Å². The number of benzene rings is 2. The highest BCUT2D eigenvalue weighted by Crippen LogP contribution is 2.22. The fourth-order valence-corrected chi connectivity index (χ4v) is 4.05. The van der Waals surface area contributed by atoms with Gasteiger partial charge in [-0.3, -0.25) is 4.79 Å². The van der Waals surface area contributed by atoms with Crippen LogP contribution in [-0.4, -0.2) is 46.3 Å². The Morgan fingerprint density at radius 1 is 1.15 bits per heavy atom. The summed E-state index contributed by atoms with van der Waals surface area (Å²) in [6.07, 6.45) is 3.15. The maximum Gasteiger partial charge on any atom is 0.319 e. The number of nitrogens with one attached hydrogen (secondary N) is 2. The van der Waals surface area contributed by atoms with Gasteiger partial charge in [-0.25, -0.2) is 18.3 Å². The lowest BCUT2D eigenvalue weighted by molar-refractivity contribution is 0.0674. The van der Waals surface area contributed by atoms with Crippen LogP contribution in [0.3, 0.4) is 0 Å². The van der Waals surface area contributed by atoms with E-state index in [1.165, 1.54) is 35.1 Å². The van der Waals surface area contributed by atoms with Crippen molar-refractivity contribution < 1.29 is 18.4 Å². The summed E-state index contributed by atoms with van der Waals surface area (Å²) >= 11 is 0. The molecule has 9 heteroatoms. The van der Waals surface area contributed by atoms with E-state index in [1.807, 2.05) is 0 Å². The average molecular weight is 453 g/mol. The summed E-state index contributed by atoms with van der Waals surface area (Å²) in [6, 6.07) is 11.5. The molecule has 3 amide bonds. The first-order valence-corrected chi connectivity index (χ1v) is 10.8. The van der Waals surface area contributed by atoms with Crippen LogP contribution in [-0.2, 0) is 0 Å². The van der Waals surface area contributed by atoms with E-state index in [1.54, 1.807) is 36.1 Å². The summed E-state index contributed by atoms with van der Waals surface area (Å²) in [5.74, 6) is -0.918. The molecule has 3 aromatic rings. The molecule has 2 aromatic carbocycles. The molecule has 0 aliphatic carbocycles. The number of nitrogens with zero attached hydrogens (tertiary/aromatic N) is 3. The Morgan fingerprint density at radius 2 is 1.97 bits per heavy atom. The predicted octanol–water partition coefficient (Wildman–Crippen LogP) is 4.13. The second-order valence-electron chi connectivity index (χ2n) is 8.11. The van der Waals surface area contributed by atoms with Gasteiger partial charge in [-0.05, 0) is 56.0 Å². The number of hydrogen-bond donors (Lipinski definition) is 2. The molecule has 4 rings (SSSR count). The van der Waals surface area contributed by atoms with Crippen LogP contribution in [0.4, 0.5) is 19.3 Å². The van der Waals surface area contributed by atoms with Crippen molar-refractivity contribution in [1.82, 2.24) is 20.0 Å². The molecular formula is C24H25F2N5O2. The molecule has 1 atom stereocenters. The lowest BCUT2D eigenvalue weighted by Crippen LogP contribution is -2.44. The van der Waals surface area contributed by atoms with Crippen LogP contribution in [0, 0.1) is 24.5 Å². The maximum absolute atomic E-state index is 14.2. The molecule has 2 heterocycles. The van der Waals surface area contributed by atoms with Crippen LogP contribution in [0.2, 0.25) is 0 Å². The number of para-hydroxylation sites is 1. The average Bonchev–Trinajstić information content (AvgIpc) is 3.19. The van der Waals surface area contributed by atoms with E-state index < -0.39 is 17.7 Å². The van der Waals surface area contributed by atoms with E-state index in [4.69, 9.17) is 0 Å². The molecule has 0 saturated carbocycles. The van der Waals surface area contributed by atoms with Gasteiger partial charge in [-0.1, -0.05) is 18.2 Å². The Morgan fingerprint density at radius 3 is 2.76 bits per heavy atom. The Hall–Kier alpha value is -3.75. The molecule has 1 aromatic heterocycles. The normalized spacial score (nSPS) is 15.8. The molecule has 1 aliphatic rings. The number of halogens is 2. The van der Waals surface area contributed by atoms with Crippen LogP contribution in [0.1, 0.15) is 28.9 Å². The summed E-state index contributed by atoms with van der Waals surface area (Å²) in [7, 11) is 0. The molecular weight excluding hydrogens is 428 g/mol. The van der Waals surface area contributed by atoms with Gasteiger partial charge in [0.05, 0.1) is 17.5 Å². The third-order valence-corrected chi connectivity index (χ3v) is 5.76. The van der Waals surface area contributed by atoms with Gasteiger partial charge in [-0.2, -0.15) is 5.10 Å². The van der Waals surface area contributed by atoms with E-state index >= 15 is 0 Å². The number of rotatable bonds is 5. The van der Waals surface area contributed by atoms with Crippen molar-refractivity contribution in [2.24, 2.45) is 5.92 Å². The van der Waals surface area contributed by atoms with Gasteiger partial charge in [-0.15, -0.1) is 0 Å². The second-order valence-corrected chi connectivity index (χ2v) is 8.11. The number of urea groups is 1. The minimum Gasteiger partial charge on any atom is -0.338 e. The lowest BCUT2D eigenvalue weighted by atomic mass is 9.97. The molecule has 7 nitrogen and oxygen atoms in total. The van der Waals surface area contributed by atoms with Crippen molar-refractivity contribution in [1.29, 1.82) is 0 Å². The molecule has 1 saturated heterocycles. The zero-order valence-corrected chi connectivity index (χ0v) is 18.2. The number of carbonyl (C=O) groups is 2. The first-order chi connectivity index (χ1) is 15.9. The molecule has 0 radical (unpaired) electrons. The molecule has 1 unspecified atom stereocenters. The molecule has 0 spiro atoms. The summed E-state index contributed by atoms with van der Waals surface area (Å²) in [5.41, 5.74) is 1.66. The second kappa shape index (κ2) is 9.81. The number of piperidine rings is 1. The van der Waals surface area contributed by atoms with E-state index in [0.717, 1.165) is 12.8 Å². The number of likely N-dealkylation sites (tertiary alicyclic amines) is 1. The highest BCUT2D eigenvalue weighted by atomic mass is 19.1. The topological polar surface area (TPSA) is 79.3 Å². The van der Waals surface area contributed by atoms with E-state index in [2.05, 4.69) is 15.7 Å². The van der Waals surface area contributed by atoms with Crippen LogP contribution < -0.4 is 10.6 Å². The van der Waals surface area contributed by atoms with Gasteiger partial charge in [0, 0.05) is 25.3 Å². The van der Waals surface area contributed by atoms with Gasteiger partial charge >= 0.3 is 6.03 Å². The quantitative estimate of drug-likeness (QED) is 0.610. The highest BCUT2D eigenvalue weighted by Gasteiger charge is 2.27. The van der Waals surface area contributed by atoms with E-state index in [-0.39, 0.29) is 11.8 Å². The van der Waals surface area contributed by atoms with E-state index in [9.17, 15) is 18.4 Å². The number of anilines is 1. The molecule has 0 bridgehead atoms. The third-order valence-electron chi connectivity index (χ3n) is 5.76. The minimum absolute atomic E-state index is 0.0860. The molecule has 33 heavy (non-hydrogen) atoms. The first-order valence-electron chi connectivity index (χ1n) is 10.8.